The molecule has 0 saturated carbocycles. The fourth-order valence-corrected chi connectivity index (χ4v) is 1.34. The lowest BCUT2D eigenvalue weighted by atomic mass is 10.2. The van der Waals surface area contributed by atoms with Gasteiger partial charge < -0.3 is 5.32 Å². The van der Waals surface area contributed by atoms with Crippen molar-refractivity contribution in [3.63, 3.8) is 0 Å². The number of hydrogen-bond acceptors (Lipinski definition) is 4. The molecule has 0 radical (unpaired) electrons. The van der Waals surface area contributed by atoms with Gasteiger partial charge in [-0.25, -0.2) is 9.97 Å². The Kier molecular flexibility index (Phi) is 1.69. The van der Waals surface area contributed by atoms with E-state index < -0.39 is 0 Å². The van der Waals surface area contributed by atoms with Gasteiger partial charge in [-0.15, -0.1) is 0 Å². The van der Waals surface area contributed by atoms with E-state index in [2.05, 4.69) is 20.3 Å². The SMILES string of the molecule is CNc1nc(Cl)nc2c1C=NC2. The minimum Gasteiger partial charge on any atom is -0.372 e. The molecular weight excluding hydrogens is 176 g/mol. The number of nitrogens with zero attached hydrogens (tertiary/aromatic N) is 3. The second-order valence-corrected chi connectivity index (χ2v) is 2.76. The van der Waals surface area contributed by atoms with Gasteiger partial charge in [0.25, 0.3) is 0 Å². The van der Waals surface area contributed by atoms with Crippen LogP contribution in [0, 0.1) is 0 Å². The van der Waals surface area contributed by atoms with Crippen LogP contribution in [0.25, 0.3) is 0 Å². The minimum absolute atomic E-state index is 0.267. The zero-order valence-corrected chi connectivity index (χ0v) is 7.26. The van der Waals surface area contributed by atoms with Crippen molar-refractivity contribution in [2.45, 2.75) is 6.54 Å². The van der Waals surface area contributed by atoms with Crippen molar-refractivity contribution in [1.82, 2.24) is 9.97 Å². The summed E-state index contributed by atoms with van der Waals surface area (Å²) in [5.74, 6) is 0.742. The molecule has 5 heteroatoms. The fraction of sp³-hybridized carbons (Fsp3) is 0.286. The summed E-state index contributed by atoms with van der Waals surface area (Å²) in [6.45, 7) is 0.603. The Morgan fingerprint density at radius 3 is 3.08 bits per heavy atom. The first-order valence-corrected chi connectivity index (χ1v) is 3.93. The molecule has 0 atom stereocenters. The maximum Gasteiger partial charge on any atom is 0.224 e. The summed E-state index contributed by atoms with van der Waals surface area (Å²) < 4.78 is 0. The van der Waals surface area contributed by atoms with Gasteiger partial charge in [-0.05, 0) is 11.6 Å². The molecule has 1 aliphatic heterocycles. The molecule has 12 heavy (non-hydrogen) atoms. The van der Waals surface area contributed by atoms with Crippen LogP contribution in [0.1, 0.15) is 11.3 Å². The molecule has 0 saturated heterocycles. The Morgan fingerprint density at radius 2 is 2.33 bits per heavy atom. The van der Waals surface area contributed by atoms with E-state index in [1.54, 1.807) is 13.3 Å². The maximum atomic E-state index is 5.69. The van der Waals surface area contributed by atoms with E-state index in [1.807, 2.05) is 0 Å². The van der Waals surface area contributed by atoms with Crippen LogP contribution >= 0.6 is 11.6 Å². The zero-order chi connectivity index (χ0) is 8.55. The van der Waals surface area contributed by atoms with Crippen molar-refractivity contribution in [2.75, 3.05) is 12.4 Å². The third-order valence-electron chi connectivity index (χ3n) is 1.70. The summed E-state index contributed by atoms with van der Waals surface area (Å²) in [6, 6.07) is 0. The molecule has 1 N–H and O–H groups in total. The lowest BCUT2D eigenvalue weighted by Gasteiger charge is -2.03. The predicted octanol–water partition coefficient (Wildman–Crippen LogP) is 1.10. The summed E-state index contributed by atoms with van der Waals surface area (Å²) >= 11 is 5.69. The molecule has 0 bridgehead atoms. The van der Waals surface area contributed by atoms with Gasteiger partial charge in [-0.1, -0.05) is 0 Å². The van der Waals surface area contributed by atoms with Crippen LogP contribution in [0.4, 0.5) is 5.82 Å². The number of hydrogen-bond donors (Lipinski definition) is 1. The van der Waals surface area contributed by atoms with Crippen LogP contribution in [0.2, 0.25) is 5.28 Å². The average molecular weight is 183 g/mol. The number of aliphatic imine (C=N–C) groups is 1. The number of aromatic nitrogens is 2. The highest BCUT2D eigenvalue weighted by Crippen LogP contribution is 2.20. The molecule has 2 rings (SSSR count). The Hall–Kier alpha value is -1.16. The highest BCUT2D eigenvalue weighted by molar-refractivity contribution is 6.28. The normalized spacial score (nSPS) is 13.2. The van der Waals surface area contributed by atoms with Crippen LogP contribution in [-0.4, -0.2) is 23.2 Å². The third-order valence-corrected chi connectivity index (χ3v) is 1.86. The van der Waals surface area contributed by atoms with E-state index in [9.17, 15) is 0 Å². The molecule has 62 valence electrons. The van der Waals surface area contributed by atoms with Gasteiger partial charge in [0.1, 0.15) is 5.82 Å². The highest BCUT2D eigenvalue weighted by atomic mass is 35.5. The van der Waals surface area contributed by atoms with E-state index in [0.717, 1.165) is 17.1 Å². The molecule has 0 amide bonds. The van der Waals surface area contributed by atoms with Crippen molar-refractivity contribution in [1.29, 1.82) is 0 Å². The predicted molar refractivity (Wildman–Crippen MR) is 47.9 cm³/mol. The molecule has 1 aromatic heterocycles. The van der Waals surface area contributed by atoms with Crippen LogP contribution in [0.15, 0.2) is 4.99 Å². The van der Waals surface area contributed by atoms with E-state index in [-0.39, 0.29) is 5.28 Å². The number of fused-ring (bicyclic) bond motifs is 1. The monoisotopic (exact) mass is 182 g/mol. The van der Waals surface area contributed by atoms with E-state index in [4.69, 9.17) is 11.6 Å². The van der Waals surface area contributed by atoms with Crippen molar-refractivity contribution in [2.24, 2.45) is 4.99 Å². The van der Waals surface area contributed by atoms with E-state index in [1.165, 1.54) is 0 Å². The van der Waals surface area contributed by atoms with Crippen molar-refractivity contribution >= 4 is 23.6 Å². The van der Waals surface area contributed by atoms with Gasteiger partial charge in [-0.2, -0.15) is 0 Å². The lowest BCUT2D eigenvalue weighted by Crippen LogP contribution is -2.02. The number of anilines is 1. The first kappa shape index (κ1) is 7.49. The summed E-state index contributed by atoms with van der Waals surface area (Å²) in [5, 5.41) is 3.21. The third kappa shape index (κ3) is 1.04. The zero-order valence-electron chi connectivity index (χ0n) is 6.50. The first-order valence-electron chi connectivity index (χ1n) is 3.55. The van der Waals surface area contributed by atoms with Gasteiger partial charge in [0.05, 0.1) is 17.8 Å². The van der Waals surface area contributed by atoms with Crippen LogP contribution in [-0.2, 0) is 6.54 Å². The number of halogens is 1. The number of rotatable bonds is 1. The van der Waals surface area contributed by atoms with Gasteiger partial charge in [0, 0.05) is 13.3 Å². The number of nitrogens with one attached hydrogen (secondary N) is 1. The summed E-state index contributed by atoms with van der Waals surface area (Å²) in [7, 11) is 1.80. The Morgan fingerprint density at radius 1 is 1.50 bits per heavy atom. The minimum atomic E-state index is 0.267. The highest BCUT2D eigenvalue weighted by Gasteiger charge is 2.14. The van der Waals surface area contributed by atoms with E-state index >= 15 is 0 Å². The molecule has 0 aromatic carbocycles. The van der Waals surface area contributed by atoms with Crippen molar-refractivity contribution < 1.29 is 0 Å². The van der Waals surface area contributed by atoms with Crippen LogP contribution in [0.3, 0.4) is 0 Å². The molecule has 0 fully saturated rings. The molecule has 1 aromatic rings. The molecule has 4 nitrogen and oxygen atoms in total. The standard InChI is InChI=1S/C7H7ClN4/c1-9-6-4-2-10-3-5(4)11-7(8)12-6/h2H,3H2,1H3,(H,9,11,12). The second-order valence-electron chi connectivity index (χ2n) is 2.42. The molecule has 2 heterocycles. The molecule has 0 aliphatic carbocycles. The Labute approximate surface area is 74.7 Å². The molecular formula is C7H7ClN4. The average Bonchev–Trinajstić information content (AvgIpc) is 2.50. The second kappa shape index (κ2) is 2.71. The largest absolute Gasteiger partial charge is 0.372 e. The topological polar surface area (TPSA) is 50.2 Å². The summed E-state index contributed by atoms with van der Waals surface area (Å²) in [5.41, 5.74) is 1.83. The van der Waals surface area contributed by atoms with E-state index in [0.29, 0.717) is 6.54 Å². The van der Waals surface area contributed by atoms with Gasteiger partial charge in [-0.3, -0.25) is 4.99 Å². The van der Waals surface area contributed by atoms with Crippen LogP contribution in [0.5, 0.6) is 0 Å². The maximum absolute atomic E-state index is 5.69. The first-order chi connectivity index (χ1) is 5.81. The van der Waals surface area contributed by atoms with Crippen molar-refractivity contribution in [3.8, 4) is 0 Å². The lowest BCUT2D eigenvalue weighted by molar-refractivity contribution is 0.994. The van der Waals surface area contributed by atoms with Crippen LogP contribution < -0.4 is 5.32 Å². The summed E-state index contributed by atoms with van der Waals surface area (Å²) in [4.78, 5) is 12.1. The van der Waals surface area contributed by atoms with Gasteiger partial charge >= 0.3 is 0 Å². The smallest absolute Gasteiger partial charge is 0.224 e. The van der Waals surface area contributed by atoms with Gasteiger partial charge in [0.15, 0.2) is 0 Å². The fourth-order valence-electron chi connectivity index (χ4n) is 1.16. The molecule has 0 spiro atoms. The van der Waals surface area contributed by atoms with Crippen molar-refractivity contribution in [3.05, 3.63) is 16.5 Å². The molecule has 0 unspecified atom stereocenters. The quantitative estimate of drug-likeness (QED) is 0.662. The Bertz CT molecular complexity index is 348. The van der Waals surface area contributed by atoms with Gasteiger partial charge in [0.2, 0.25) is 5.28 Å². The Balaban J connectivity index is 2.60. The summed E-state index contributed by atoms with van der Waals surface area (Å²) in [6.07, 6.45) is 1.76. The molecule has 1 aliphatic rings.